The summed E-state index contributed by atoms with van der Waals surface area (Å²) in [6.45, 7) is 3.00. The summed E-state index contributed by atoms with van der Waals surface area (Å²) in [6.07, 6.45) is 0.190. The maximum atomic E-state index is 13.1. The van der Waals surface area contributed by atoms with Crippen LogP contribution in [0.1, 0.15) is 20.3 Å². The minimum Gasteiger partial charge on any atom is -0.480 e. The Hall–Kier alpha value is -2.18. The largest absolute Gasteiger partial charge is 0.480 e. The lowest BCUT2D eigenvalue weighted by Gasteiger charge is -2.25. The lowest BCUT2D eigenvalue weighted by Crippen LogP contribution is -2.42. The van der Waals surface area contributed by atoms with E-state index >= 15 is 0 Å². The fraction of sp³-hybridized carbons (Fsp3) is 0.364. The summed E-state index contributed by atoms with van der Waals surface area (Å²) in [4.78, 5) is 21.2. The first kappa shape index (κ1) is 13.9. The van der Waals surface area contributed by atoms with Crippen LogP contribution in [0.2, 0.25) is 0 Å². The van der Waals surface area contributed by atoms with Gasteiger partial charge in [0.05, 0.1) is 4.92 Å². The van der Waals surface area contributed by atoms with Gasteiger partial charge in [-0.25, -0.2) is 9.18 Å². The van der Waals surface area contributed by atoms with Gasteiger partial charge in [0.15, 0.2) is 0 Å². The number of rotatable bonds is 5. The van der Waals surface area contributed by atoms with Gasteiger partial charge in [-0.1, -0.05) is 6.92 Å². The number of carbonyl (C=O) groups is 1. The van der Waals surface area contributed by atoms with Gasteiger partial charge in [0.2, 0.25) is 0 Å². The molecule has 0 bridgehead atoms. The normalized spacial score (nSPS) is 13.7. The Morgan fingerprint density at radius 2 is 2.22 bits per heavy atom. The minimum absolute atomic E-state index is 0.147. The van der Waals surface area contributed by atoms with Crippen molar-refractivity contribution in [1.29, 1.82) is 0 Å². The van der Waals surface area contributed by atoms with Crippen LogP contribution in [-0.2, 0) is 4.79 Å². The molecular formula is C11H13FN2O4. The van der Waals surface area contributed by atoms with E-state index in [-0.39, 0.29) is 17.8 Å². The Bertz CT molecular complexity index is 492. The van der Waals surface area contributed by atoms with Crippen molar-refractivity contribution in [3.63, 3.8) is 0 Å². The van der Waals surface area contributed by atoms with Gasteiger partial charge in [-0.15, -0.1) is 0 Å². The summed E-state index contributed by atoms with van der Waals surface area (Å²) in [6, 6.07) is 2.86. The molecule has 0 fully saturated rings. The summed E-state index contributed by atoms with van der Waals surface area (Å²) < 4.78 is 13.1. The number of anilines is 1. The highest BCUT2D eigenvalue weighted by atomic mass is 19.1. The van der Waals surface area contributed by atoms with E-state index in [0.29, 0.717) is 0 Å². The molecule has 1 atom stereocenters. The van der Waals surface area contributed by atoms with Gasteiger partial charge in [-0.05, 0) is 19.4 Å². The molecule has 0 aliphatic heterocycles. The smallest absolute Gasteiger partial charge is 0.329 e. The monoisotopic (exact) mass is 256 g/mol. The second-order valence-electron chi connectivity index (χ2n) is 4.03. The van der Waals surface area contributed by atoms with E-state index in [0.717, 1.165) is 18.2 Å². The summed E-state index contributed by atoms with van der Waals surface area (Å²) >= 11 is 0. The van der Waals surface area contributed by atoms with E-state index in [1.807, 2.05) is 0 Å². The van der Waals surface area contributed by atoms with Gasteiger partial charge in [0, 0.05) is 12.1 Å². The number of benzene rings is 1. The summed E-state index contributed by atoms with van der Waals surface area (Å²) in [7, 11) is 0. The summed E-state index contributed by atoms with van der Waals surface area (Å²) in [5.41, 5.74) is -1.90. The molecule has 0 spiro atoms. The minimum atomic E-state index is -1.39. The molecule has 1 aromatic rings. The van der Waals surface area contributed by atoms with Crippen LogP contribution in [0.3, 0.4) is 0 Å². The molecule has 0 aromatic heterocycles. The van der Waals surface area contributed by atoms with Gasteiger partial charge in [0.25, 0.3) is 5.69 Å². The van der Waals surface area contributed by atoms with Crippen LogP contribution in [0, 0.1) is 15.9 Å². The van der Waals surface area contributed by atoms with E-state index in [1.165, 1.54) is 6.92 Å². The summed E-state index contributed by atoms with van der Waals surface area (Å²) in [5.74, 6) is -1.84. The number of carboxylic acid groups (broad SMARTS) is 1. The van der Waals surface area contributed by atoms with E-state index < -0.39 is 22.2 Å². The van der Waals surface area contributed by atoms with Gasteiger partial charge in [0.1, 0.15) is 17.0 Å². The number of halogens is 1. The maximum absolute atomic E-state index is 13.1. The van der Waals surface area contributed by atoms with Crippen molar-refractivity contribution in [2.45, 2.75) is 25.8 Å². The van der Waals surface area contributed by atoms with E-state index in [2.05, 4.69) is 5.32 Å². The molecule has 18 heavy (non-hydrogen) atoms. The average molecular weight is 256 g/mol. The number of nitrogens with one attached hydrogen (secondary N) is 1. The van der Waals surface area contributed by atoms with E-state index in [9.17, 15) is 19.3 Å². The van der Waals surface area contributed by atoms with Crippen molar-refractivity contribution in [1.82, 2.24) is 0 Å². The Balaban J connectivity index is 3.20. The molecule has 0 saturated carbocycles. The highest BCUT2D eigenvalue weighted by molar-refractivity contribution is 5.83. The number of aliphatic carboxylic acids is 1. The Labute approximate surface area is 103 Å². The topological polar surface area (TPSA) is 92.5 Å². The first-order valence-corrected chi connectivity index (χ1v) is 5.25. The molecule has 2 N–H and O–H groups in total. The Kier molecular flexibility index (Phi) is 3.85. The molecule has 98 valence electrons. The average Bonchev–Trinajstić information content (AvgIpc) is 2.28. The number of nitro groups is 1. The van der Waals surface area contributed by atoms with Gasteiger partial charge < -0.3 is 10.4 Å². The number of nitrogens with zero attached hydrogens (tertiary/aromatic N) is 1. The Morgan fingerprint density at radius 1 is 1.61 bits per heavy atom. The molecule has 0 radical (unpaired) electrons. The van der Waals surface area contributed by atoms with Gasteiger partial charge >= 0.3 is 5.97 Å². The van der Waals surface area contributed by atoms with Crippen molar-refractivity contribution in [3.05, 3.63) is 34.1 Å². The van der Waals surface area contributed by atoms with Gasteiger partial charge in [-0.2, -0.15) is 0 Å². The van der Waals surface area contributed by atoms with Crippen LogP contribution >= 0.6 is 0 Å². The SMILES string of the molecule is CCC(C)(Nc1cc(F)ccc1[N+](=O)[O-])C(=O)O. The van der Waals surface area contributed by atoms with Crippen LogP contribution in [0.15, 0.2) is 18.2 Å². The molecule has 0 aliphatic carbocycles. The van der Waals surface area contributed by atoms with Crippen molar-refractivity contribution in [2.24, 2.45) is 0 Å². The molecule has 7 heteroatoms. The molecule has 1 aromatic carbocycles. The van der Waals surface area contributed by atoms with Crippen LogP contribution in [-0.4, -0.2) is 21.5 Å². The van der Waals surface area contributed by atoms with Crippen LogP contribution in [0.5, 0.6) is 0 Å². The number of carboxylic acids is 1. The second kappa shape index (κ2) is 4.99. The number of nitro benzene ring substituents is 1. The highest BCUT2D eigenvalue weighted by Gasteiger charge is 2.33. The zero-order valence-electron chi connectivity index (χ0n) is 9.94. The molecule has 0 aliphatic rings. The first-order valence-electron chi connectivity index (χ1n) is 5.25. The van der Waals surface area contributed by atoms with Crippen molar-refractivity contribution in [3.8, 4) is 0 Å². The van der Waals surface area contributed by atoms with Crippen LogP contribution < -0.4 is 5.32 Å². The molecule has 0 amide bonds. The zero-order chi connectivity index (χ0) is 13.9. The molecule has 6 nitrogen and oxygen atoms in total. The molecule has 1 unspecified atom stereocenters. The molecule has 0 saturated heterocycles. The van der Waals surface area contributed by atoms with Crippen LogP contribution in [0.25, 0.3) is 0 Å². The number of hydrogen-bond acceptors (Lipinski definition) is 4. The predicted molar refractivity (Wildman–Crippen MR) is 63.0 cm³/mol. The van der Waals surface area contributed by atoms with Crippen LogP contribution in [0.4, 0.5) is 15.8 Å². The quantitative estimate of drug-likeness (QED) is 0.623. The fourth-order valence-corrected chi connectivity index (χ4v) is 1.36. The lowest BCUT2D eigenvalue weighted by atomic mass is 9.98. The first-order chi connectivity index (χ1) is 8.30. The lowest BCUT2D eigenvalue weighted by molar-refractivity contribution is -0.384. The van der Waals surface area contributed by atoms with Crippen molar-refractivity contribution >= 4 is 17.3 Å². The zero-order valence-corrected chi connectivity index (χ0v) is 9.94. The molecule has 0 heterocycles. The standard InChI is InChI=1S/C11H13FN2O4/c1-3-11(2,10(15)16)13-8-6-7(12)4-5-9(8)14(17)18/h4-6,13H,3H2,1-2H3,(H,15,16). The third-order valence-electron chi connectivity index (χ3n) is 2.74. The van der Waals surface area contributed by atoms with E-state index in [4.69, 9.17) is 5.11 Å². The number of hydrogen-bond donors (Lipinski definition) is 2. The fourth-order valence-electron chi connectivity index (χ4n) is 1.36. The second-order valence-corrected chi connectivity index (χ2v) is 4.03. The molecular weight excluding hydrogens is 243 g/mol. The third-order valence-corrected chi connectivity index (χ3v) is 2.74. The highest BCUT2D eigenvalue weighted by Crippen LogP contribution is 2.29. The summed E-state index contributed by atoms with van der Waals surface area (Å²) in [5, 5.41) is 22.4. The third kappa shape index (κ3) is 2.73. The molecule has 1 rings (SSSR count). The van der Waals surface area contributed by atoms with Crippen molar-refractivity contribution < 1.29 is 19.2 Å². The van der Waals surface area contributed by atoms with Crippen molar-refractivity contribution in [2.75, 3.05) is 5.32 Å². The maximum Gasteiger partial charge on any atom is 0.329 e. The van der Waals surface area contributed by atoms with Gasteiger partial charge in [-0.3, -0.25) is 10.1 Å². The Morgan fingerprint density at radius 3 is 2.67 bits per heavy atom. The van der Waals surface area contributed by atoms with E-state index in [1.54, 1.807) is 6.92 Å². The predicted octanol–water partition coefficient (Wildman–Crippen LogP) is 2.40.